The Morgan fingerprint density at radius 3 is 2.57 bits per heavy atom. The summed E-state index contributed by atoms with van der Waals surface area (Å²) in [6.07, 6.45) is 1.90. The standard InChI is InChI=1S/C16H22N2O3/c1-4-14(5-2)18(8-9-21-3)15-7-6-12(16(19)20)10-13(15)11-17/h6-7,10,14H,4-5,8-9H2,1-3H3,(H,19,20). The van der Waals surface area contributed by atoms with Gasteiger partial charge in [-0.2, -0.15) is 5.26 Å². The summed E-state index contributed by atoms with van der Waals surface area (Å²) in [6, 6.07) is 7.09. The summed E-state index contributed by atoms with van der Waals surface area (Å²) >= 11 is 0. The molecule has 0 aliphatic carbocycles. The number of methoxy groups -OCH3 is 1. The van der Waals surface area contributed by atoms with Gasteiger partial charge < -0.3 is 14.7 Å². The first-order valence-corrected chi connectivity index (χ1v) is 7.12. The average Bonchev–Trinajstić information content (AvgIpc) is 2.50. The van der Waals surface area contributed by atoms with Gasteiger partial charge in [0, 0.05) is 19.7 Å². The van der Waals surface area contributed by atoms with Crippen LogP contribution in [0.3, 0.4) is 0 Å². The molecule has 5 nitrogen and oxygen atoms in total. The third-order valence-electron chi connectivity index (χ3n) is 3.59. The van der Waals surface area contributed by atoms with E-state index in [1.807, 2.05) is 0 Å². The fourth-order valence-electron chi connectivity index (χ4n) is 2.43. The quantitative estimate of drug-likeness (QED) is 0.797. The molecule has 0 aromatic heterocycles. The zero-order valence-corrected chi connectivity index (χ0v) is 12.8. The minimum absolute atomic E-state index is 0.131. The zero-order chi connectivity index (χ0) is 15.8. The molecule has 0 spiro atoms. The zero-order valence-electron chi connectivity index (χ0n) is 12.8. The molecule has 1 N–H and O–H groups in total. The second kappa shape index (κ2) is 8.28. The molecule has 0 saturated carbocycles. The molecule has 0 heterocycles. The minimum Gasteiger partial charge on any atom is -0.478 e. The molecular formula is C16H22N2O3. The van der Waals surface area contributed by atoms with E-state index in [1.165, 1.54) is 6.07 Å². The molecule has 0 saturated heterocycles. The number of benzene rings is 1. The Hall–Kier alpha value is -2.06. The predicted octanol–water partition coefficient (Wildman–Crippen LogP) is 2.90. The highest BCUT2D eigenvalue weighted by atomic mass is 16.5. The first-order chi connectivity index (χ1) is 10.1. The van der Waals surface area contributed by atoms with Crippen molar-refractivity contribution in [3.63, 3.8) is 0 Å². The Balaban J connectivity index is 3.23. The van der Waals surface area contributed by atoms with Crippen LogP contribution in [0.1, 0.15) is 42.6 Å². The van der Waals surface area contributed by atoms with Crippen molar-refractivity contribution < 1.29 is 14.6 Å². The smallest absolute Gasteiger partial charge is 0.335 e. The summed E-state index contributed by atoms with van der Waals surface area (Å²) < 4.78 is 5.15. The number of hydrogen-bond acceptors (Lipinski definition) is 4. The highest BCUT2D eigenvalue weighted by Crippen LogP contribution is 2.25. The third kappa shape index (κ3) is 4.20. The van der Waals surface area contributed by atoms with Gasteiger partial charge in [0.05, 0.1) is 23.4 Å². The Bertz CT molecular complexity index is 519. The molecule has 21 heavy (non-hydrogen) atoms. The number of nitrogens with zero attached hydrogens (tertiary/aromatic N) is 2. The van der Waals surface area contributed by atoms with E-state index in [1.54, 1.807) is 19.2 Å². The van der Waals surface area contributed by atoms with Gasteiger partial charge in [0.25, 0.3) is 0 Å². The van der Waals surface area contributed by atoms with E-state index in [0.717, 1.165) is 18.5 Å². The van der Waals surface area contributed by atoms with E-state index in [0.29, 0.717) is 24.8 Å². The highest BCUT2D eigenvalue weighted by molar-refractivity contribution is 5.89. The van der Waals surface area contributed by atoms with Gasteiger partial charge >= 0.3 is 5.97 Å². The molecule has 0 fully saturated rings. The third-order valence-corrected chi connectivity index (χ3v) is 3.59. The van der Waals surface area contributed by atoms with Gasteiger partial charge in [0.1, 0.15) is 6.07 Å². The van der Waals surface area contributed by atoms with Gasteiger partial charge in [0.15, 0.2) is 0 Å². The summed E-state index contributed by atoms with van der Waals surface area (Å²) in [4.78, 5) is 13.2. The van der Waals surface area contributed by atoms with Crippen molar-refractivity contribution in [2.24, 2.45) is 0 Å². The summed E-state index contributed by atoms with van der Waals surface area (Å²) in [5.74, 6) is -1.02. The van der Waals surface area contributed by atoms with Crippen molar-refractivity contribution in [3.8, 4) is 6.07 Å². The van der Waals surface area contributed by atoms with E-state index in [-0.39, 0.29) is 5.56 Å². The van der Waals surface area contributed by atoms with Crippen LogP contribution in [0.25, 0.3) is 0 Å². The van der Waals surface area contributed by atoms with E-state index in [4.69, 9.17) is 9.84 Å². The topological polar surface area (TPSA) is 73.6 Å². The Morgan fingerprint density at radius 1 is 1.43 bits per heavy atom. The lowest BCUT2D eigenvalue weighted by atomic mass is 10.0. The highest BCUT2D eigenvalue weighted by Gasteiger charge is 2.19. The van der Waals surface area contributed by atoms with E-state index < -0.39 is 5.97 Å². The van der Waals surface area contributed by atoms with Crippen LogP contribution in [-0.2, 0) is 4.74 Å². The fourth-order valence-corrected chi connectivity index (χ4v) is 2.43. The lowest BCUT2D eigenvalue weighted by molar-refractivity contribution is 0.0697. The van der Waals surface area contributed by atoms with Gasteiger partial charge in [0.2, 0.25) is 0 Å². The number of ether oxygens (including phenoxy) is 1. The SMILES string of the molecule is CCC(CC)N(CCOC)c1ccc(C(=O)O)cc1C#N. The molecule has 0 amide bonds. The molecule has 0 atom stereocenters. The number of anilines is 1. The summed E-state index contributed by atoms with van der Waals surface area (Å²) in [6.45, 7) is 5.43. The van der Waals surface area contributed by atoms with Crippen molar-refractivity contribution >= 4 is 11.7 Å². The number of rotatable bonds is 8. The number of carboxylic acid groups (broad SMARTS) is 1. The second-order valence-electron chi connectivity index (χ2n) is 4.81. The number of carbonyl (C=O) groups is 1. The molecule has 5 heteroatoms. The van der Waals surface area contributed by atoms with Crippen molar-refractivity contribution in [2.45, 2.75) is 32.7 Å². The monoisotopic (exact) mass is 290 g/mol. The molecule has 0 aliphatic rings. The average molecular weight is 290 g/mol. The Morgan fingerprint density at radius 2 is 2.10 bits per heavy atom. The first-order valence-electron chi connectivity index (χ1n) is 7.12. The van der Waals surface area contributed by atoms with Crippen molar-refractivity contribution in [2.75, 3.05) is 25.2 Å². The van der Waals surface area contributed by atoms with Crippen LogP contribution in [0.15, 0.2) is 18.2 Å². The Labute approximate surface area is 125 Å². The van der Waals surface area contributed by atoms with Crippen molar-refractivity contribution in [1.29, 1.82) is 5.26 Å². The molecular weight excluding hydrogens is 268 g/mol. The normalized spacial score (nSPS) is 10.4. The van der Waals surface area contributed by atoms with Crippen LogP contribution in [0.4, 0.5) is 5.69 Å². The summed E-state index contributed by atoms with van der Waals surface area (Å²) in [5.41, 5.74) is 1.29. The number of aromatic carboxylic acids is 1. The van der Waals surface area contributed by atoms with E-state index in [9.17, 15) is 10.1 Å². The molecule has 114 valence electrons. The minimum atomic E-state index is -1.02. The largest absolute Gasteiger partial charge is 0.478 e. The molecule has 1 aromatic carbocycles. The van der Waals surface area contributed by atoms with Crippen LogP contribution in [0, 0.1) is 11.3 Å². The number of hydrogen-bond donors (Lipinski definition) is 1. The Kier molecular flexibility index (Phi) is 6.70. The van der Waals surface area contributed by atoms with E-state index >= 15 is 0 Å². The lowest BCUT2D eigenvalue weighted by Gasteiger charge is -2.33. The molecule has 0 unspecified atom stereocenters. The van der Waals surface area contributed by atoms with Gasteiger partial charge in [-0.3, -0.25) is 0 Å². The van der Waals surface area contributed by atoms with Crippen molar-refractivity contribution in [3.05, 3.63) is 29.3 Å². The molecule has 1 aromatic rings. The molecule has 0 radical (unpaired) electrons. The fraction of sp³-hybridized carbons (Fsp3) is 0.500. The van der Waals surface area contributed by atoms with Gasteiger partial charge in [-0.05, 0) is 31.0 Å². The molecule has 0 bridgehead atoms. The van der Waals surface area contributed by atoms with Crippen LogP contribution in [-0.4, -0.2) is 37.4 Å². The molecule has 0 aliphatic heterocycles. The van der Waals surface area contributed by atoms with Crippen molar-refractivity contribution in [1.82, 2.24) is 0 Å². The number of carboxylic acids is 1. The van der Waals surface area contributed by atoms with Gasteiger partial charge in [-0.25, -0.2) is 4.79 Å². The maximum absolute atomic E-state index is 11.0. The van der Waals surface area contributed by atoms with Gasteiger partial charge in [-0.15, -0.1) is 0 Å². The van der Waals surface area contributed by atoms with Crippen LogP contribution < -0.4 is 4.90 Å². The number of nitriles is 1. The summed E-state index contributed by atoms with van der Waals surface area (Å²) in [7, 11) is 1.64. The van der Waals surface area contributed by atoms with E-state index in [2.05, 4.69) is 24.8 Å². The summed E-state index contributed by atoms with van der Waals surface area (Å²) in [5, 5.41) is 18.4. The molecule has 1 rings (SSSR count). The predicted molar refractivity (Wildman–Crippen MR) is 81.7 cm³/mol. The first kappa shape index (κ1) is 17.0. The van der Waals surface area contributed by atoms with Gasteiger partial charge in [-0.1, -0.05) is 13.8 Å². The maximum Gasteiger partial charge on any atom is 0.335 e. The lowest BCUT2D eigenvalue weighted by Crippen LogP contribution is -2.37. The maximum atomic E-state index is 11.0. The van der Waals surface area contributed by atoms with Crippen LogP contribution in [0.2, 0.25) is 0 Å². The van der Waals surface area contributed by atoms with Crippen LogP contribution >= 0.6 is 0 Å². The van der Waals surface area contributed by atoms with Crippen LogP contribution in [0.5, 0.6) is 0 Å². The second-order valence-corrected chi connectivity index (χ2v) is 4.81.